The molecule has 0 aliphatic rings. The molecule has 1 heterocycles. The van der Waals surface area contributed by atoms with E-state index >= 15 is 0 Å². The van der Waals surface area contributed by atoms with Gasteiger partial charge in [-0.1, -0.05) is 60.7 Å². The van der Waals surface area contributed by atoms with Gasteiger partial charge in [-0.05, 0) is 6.92 Å². The fraction of sp³-hybridized carbons (Fsp3) is 0.0556. The van der Waals surface area contributed by atoms with Crippen molar-refractivity contribution in [3.05, 3.63) is 104 Å². The molecule has 0 atom stereocenters. The molecule has 23 heavy (non-hydrogen) atoms. The van der Waals surface area contributed by atoms with Crippen LogP contribution in [0.15, 0.2) is 81.4 Å². The molecule has 5 heteroatoms. The summed E-state index contributed by atoms with van der Waals surface area (Å²) in [5.74, 6) is 0. The number of nitrogens with one attached hydrogen (secondary N) is 1. The second-order valence-electron chi connectivity index (χ2n) is 5.07. The molecule has 1 N–H and O–H groups in total. The summed E-state index contributed by atoms with van der Waals surface area (Å²) >= 11 is 0. The largest absolute Gasteiger partial charge is 0.349 e. The van der Waals surface area contributed by atoms with Crippen molar-refractivity contribution in [1.29, 1.82) is 0 Å². The van der Waals surface area contributed by atoms with E-state index in [-0.39, 0.29) is 0 Å². The molecule has 0 spiro atoms. The average molecular weight is 305 g/mol. The number of hydrogen-bond donors (Lipinski definition) is 1. The van der Waals surface area contributed by atoms with Crippen LogP contribution in [0.2, 0.25) is 0 Å². The summed E-state index contributed by atoms with van der Waals surface area (Å²) in [6.45, 7) is 1.67. The molecule has 0 aliphatic carbocycles. The first-order valence-corrected chi connectivity index (χ1v) is 7.18. The third-order valence-electron chi connectivity index (χ3n) is 3.39. The molecule has 0 amide bonds. The van der Waals surface area contributed by atoms with Crippen LogP contribution in [-0.2, 0) is 0 Å². The SMILES string of the molecule is Cc1cc(=O)[nH]c(=O)n1N=C(c1ccccc1)c1ccccc1. The van der Waals surface area contributed by atoms with E-state index < -0.39 is 11.2 Å². The number of hydrogen-bond acceptors (Lipinski definition) is 3. The lowest BCUT2D eigenvalue weighted by Crippen LogP contribution is -2.29. The van der Waals surface area contributed by atoms with Gasteiger partial charge in [0.1, 0.15) is 0 Å². The Labute approximate surface area is 132 Å². The molecule has 2 aromatic carbocycles. The first kappa shape index (κ1) is 14.7. The summed E-state index contributed by atoms with van der Waals surface area (Å²) in [6.07, 6.45) is 0. The Kier molecular flexibility index (Phi) is 4.01. The molecule has 0 fully saturated rings. The number of nitrogens with zero attached hydrogens (tertiary/aromatic N) is 2. The molecular formula is C18H15N3O2. The Hall–Kier alpha value is -3.21. The van der Waals surface area contributed by atoms with E-state index in [1.54, 1.807) is 6.92 Å². The van der Waals surface area contributed by atoms with E-state index in [4.69, 9.17) is 0 Å². The highest BCUT2D eigenvalue weighted by atomic mass is 16.2. The number of benzene rings is 2. The van der Waals surface area contributed by atoms with Gasteiger partial charge in [0.05, 0.1) is 11.4 Å². The summed E-state index contributed by atoms with van der Waals surface area (Å²) in [5.41, 5.74) is 1.92. The van der Waals surface area contributed by atoms with Gasteiger partial charge in [0.25, 0.3) is 5.56 Å². The van der Waals surface area contributed by atoms with Crippen LogP contribution in [0.25, 0.3) is 0 Å². The molecule has 114 valence electrons. The van der Waals surface area contributed by atoms with Crippen LogP contribution >= 0.6 is 0 Å². The van der Waals surface area contributed by atoms with Crippen molar-refractivity contribution in [2.45, 2.75) is 6.92 Å². The van der Waals surface area contributed by atoms with Crippen molar-refractivity contribution in [2.75, 3.05) is 0 Å². The second kappa shape index (κ2) is 6.27. The van der Waals surface area contributed by atoms with Gasteiger partial charge in [-0.25, -0.2) is 4.79 Å². The van der Waals surface area contributed by atoms with Gasteiger partial charge in [-0.3, -0.25) is 9.78 Å². The predicted octanol–water partition coefficient (Wildman–Crippen LogP) is 2.15. The van der Waals surface area contributed by atoms with Crippen molar-refractivity contribution in [1.82, 2.24) is 9.66 Å². The maximum Gasteiger partial charge on any atom is 0.349 e. The first-order valence-electron chi connectivity index (χ1n) is 7.18. The summed E-state index contributed by atoms with van der Waals surface area (Å²) in [7, 11) is 0. The lowest BCUT2D eigenvalue weighted by Gasteiger charge is -2.09. The molecule has 1 aromatic heterocycles. The number of aryl methyl sites for hydroxylation is 1. The summed E-state index contributed by atoms with van der Waals surface area (Å²) in [6, 6.07) is 20.6. The number of aromatic amines is 1. The van der Waals surface area contributed by atoms with Crippen LogP contribution in [0, 0.1) is 6.92 Å². The maximum atomic E-state index is 12.1. The van der Waals surface area contributed by atoms with E-state index in [0.717, 1.165) is 11.1 Å². The zero-order valence-electron chi connectivity index (χ0n) is 12.6. The Morgan fingerprint density at radius 2 is 1.43 bits per heavy atom. The highest BCUT2D eigenvalue weighted by Gasteiger charge is 2.09. The molecule has 0 radical (unpaired) electrons. The quantitative estimate of drug-likeness (QED) is 0.753. The summed E-state index contributed by atoms with van der Waals surface area (Å²) < 4.78 is 1.21. The van der Waals surface area contributed by atoms with Crippen molar-refractivity contribution < 1.29 is 0 Å². The maximum absolute atomic E-state index is 12.1. The van der Waals surface area contributed by atoms with Gasteiger partial charge in [0.15, 0.2) is 0 Å². The van der Waals surface area contributed by atoms with Gasteiger partial charge in [-0.2, -0.15) is 9.78 Å². The zero-order chi connectivity index (χ0) is 16.2. The van der Waals surface area contributed by atoms with Crippen LogP contribution in [-0.4, -0.2) is 15.4 Å². The predicted molar refractivity (Wildman–Crippen MR) is 90.0 cm³/mol. The third kappa shape index (κ3) is 3.18. The van der Waals surface area contributed by atoms with Crippen LogP contribution in [0.3, 0.4) is 0 Å². The molecule has 5 nitrogen and oxygen atoms in total. The molecular weight excluding hydrogens is 290 g/mol. The zero-order valence-corrected chi connectivity index (χ0v) is 12.6. The minimum atomic E-state index is -0.556. The van der Waals surface area contributed by atoms with Gasteiger partial charge >= 0.3 is 5.69 Å². The molecule has 0 unspecified atom stereocenters. The van der Waals surface area contributed by atoms with Gasteiger partial charge in [-0.15, -0.1) is 0 Å². The van der Waals surface area contributed by atoms with Crippen molar-refractivity contribution >= 4 is 5.71 Å². The van der Waals surface area contributed by atoms with Gasteiger partial charge in [0.2, 0.25) is 0 Å². The Bertz CT molecular complexity index is 913. The Balaban J connectivity index is 2.25. The number of rotatable bonds is 3. The highest BCUT2D eigenvalue weighted by molar-refractivity contribution is 6.12. The second-order valence-corrected chi connectivity index (χ2v) is 5.07. The van der Waals surface area contributed by atoms with Crippen LogP contribution in [0.4, 0.5) is 0 Å². The highest BCUT2D eigenvalue weighted by Crippen LogP contribution is 2.11. The lowest BCUT2D eigenvalue weighted by molar-refractivity contribution is 0.742. The smallest absolute Gasteiger partial charge is 0.272 e. The van der Waals surface area contributed by atoms with Crippen molar-refractivity contribution in [3.63, 3.8) is 0 Å². The van der Waals surface area contributed by atoms with E-state index in [0.29, 0.717) is 11.4 Å². The minimum absolute atomic E-state index is 0.431. The third-order valence-corrected chi connectivity index (χ3v) is 3.39. The first-order chi connectivity index (χ1) is 11.1. The number of aromatic nitrogens is 2. The fourth-order valence-electron chi connectivity index (χ4n) is 2.30. The number of H-pyrrole nitrogens is 1. The van der Waals surface area contributed by atoms with E-state index in [2.05, 4.69) is 10.1 Å². The van der Waals surface area contributed by atoms with Crippen molar-refractivity contribution in [2.24, 2.45) is 5.10 Å². The van der Waals surface area contributed by atoms with Crippen molar-refractivity contribution in [3.8, 4) is 0 Å². The average Bonchev–Trinajstić information content (AvgIpc) is 2.56. The standard InChI is InChI=1S/C18H15N3O2/c1-13-12-16(22)19-18(23)21(13)20-17(14-8-4-2-5-9-14)15-10-6-3-7-11-15/h2-12H,1H3,(H,19,22,23). The van der Waals surface area contributed by atoms with Crippen LogP contribution in [0.5, 0.6) is 0 Å². The van der Waals surface area contributed by atoms with Crippen LogP contribution < -0.4 is 11.2 Å². The van der Waals surface area contributed by atoms with Gasteiger partial charge < -0.3 is 0 Å². The Morgan fingerprint density at radius 1 is 0.913 bits per heavy atom. The topological polar surface area (TPSA) is 67.2 Å². The van der Waals surface area contributed by atoms with E-state index in [9.17, 15) is 9.59 Å². The Morgan fingerprint density at radius 3 is 1.91 bits per heavy atom. The molecule has 0 bridgehead atoms. The molecule has 0 saturated heterocycles. The monoisotopic (exact) mass is 305 g/mol. The molecule has 3 rings (SSSR count). The summed E-state index contributed by atoms with van der Waals surface area (Å²) in [4.78, 5) is 25.7. The van der Waals surface area contributed by atoms with Crippen LogP contribution in [0.1, 0.15) is 16.8 Å². The molecule has 3 aromatic rings. The summed E-state index contributed by atoms with van der Waals surface area (Å²) in [5, 5.41) is 4.49. The molecule has 0 saturated carbocycles. The van der Waals surface area contributed by atoms with E-state index in [1.165, 1.54) is 10.7 Å². The van der Waals surface area contributed by atoms with E-state index in [1.807, 2.05) is 60.7 Å². The lowest BCUT2D eigenvalue weighted by atomic mass is 10.0. The molecule has 0 aliphatic heterocycles. The minimum Gasteiger partial charge on any atom is -0.272 e. The normalized spacial score (nSPS) is 10.3. The van der Waals surface area contributed by atoms with Gasteiger partial charge in [0, 0.05) is 17.2 Å². The fourth-order valence-corrected chi connectivity index (χ4v) is 2.30.